The Morgan fingerprint density at radius 3 is 2.77 bits per heavy atom. The average Bonchev–Trinajstić information content (AvgIpc) is 3.38. The molecule has 0 spiro atoms. The summed E-state index contributed by atoms with van der Waals surface area (Å²) in [6.45, 7) is 8.14. The van der Waals surface area contributed by atoms with Crippen molar-refractivity contribution in [2.75, 3.05) is 64.4 Å². The molecule has 0 aromatic carbocycles. The van der Waals surface area contributed by atoms with Gasteiger partial charge in [0.05, 0.1) is 24.9 Å². The van der Waals surface area contributed by atoms with Crippen molar-refractivity contribution >= 4 is 11.5 Å². The first-order valence-corrected chi connectivity index (χ1v) is 10.0. The van der Waals surface area contributed by atoms with Crippen LogP contribution in [0.15, 0.2) is 24.4 Å². The first kappa shape index (κ1) is 16.5. The first-order chi connectivity index (χ1) is 12.8. The van der Waals surface area contributed by atoms with Crippen LogP contribution in [0.2, 0.25) is 0 Å². The fraction of sp³-hybridized carbons (Fsp3) is 0.650. The highest BCUT2D eigenvalue weighted by molar-refractivity contribution is 5.53. The molecule has 2 aromatic rings. The molecule has 3 fully saturated rings. The Kier molecular flexibility index (Phi) is 4.35. The molecule has 1 aliphatic carbocycles. The second kappa shape index (κ2) is 6.83. The Balaban J connectivity index is 1.47. The summed E-state index contributed by atoms with van der Waals surface area (Å²) >= 11 is 0. The van der Waals surface area contributed by atoms with E-state index in [1.165, 1.54) is 30.9 Å². The third-order valence-electron chi connectivity index (χ3n) is 6.05. The number of imidazole rings is 1. The van der Waals surface area contributed by atoms with Crippen LogP contribution in [0, 0.1) is 5.92 Å². The minimum atomic E-state index is 0.409. The van der Waals surface area contributed by atoms with Crippen molar-refractivity contribution in [2.45, 2.75) is 18.9 Å². The Morgan fingerprint density at radius 1 is 1.12 bits per heavy atom. The van der Waals surface area contributed by atoms with Gasteiger partial charge in [0.25, 0.3) is 0 Å². The number of piperazine rings is 1. The molecule has 140 valence electrons. The minimum Gasteiger partial charge on any atom is -0.378 e. The van der Waals surface area contributed by atoms with Gasteiger partial charge in [0.15, 0.2) is 0 Å². The van der Waals surface area contributed by atoms with E-state index in [2.05, 4.69) is 50.5 Å². The summed E-state index contributed by atoms with van der Waals surface area (Å²) in [4.78, 5) is 12.6. The molecule has 0 radical (unpaired) electrons. The molecule has 2 aliphatic heterocycles. The van der Waals surface area contributed by atoms with Gasteiger partial charge in [-0.25, -0.2) is 4.98 Å². The fourth-order valence-electron chi connectivity index (χ4n) is 4.31. The van der Waals surface area contributed by atoms with Crippen LogP contribution in [0.1, 0.15) is 24.6 Å². The number of morpholine rings is 1. The molecule has 2 saturated heterocycles. The van der Waals surface area contributed by atoms with E-state index in [9.17, 15) is 0 Å². The summed E-state index contributed by atoms with van der Waals surface area (Å²) in [5.41, 5.74) is 2.28. The summed E-state index contributed by atoms with van der Waals surface area (Å²) in [5, 5.41) is 0. The average molecular weight is 355 g/mol. The first-order valence-electron chi connectivity index (χ1n) is 10.0. The number of aromatic nitrogens is 2. The van der Waals surface area contributed by atoms with E-state index in [0.29, 0.717) is 6.04 Å². The van der Waals surface area contributed by atoms with Crippen molar-refractivity contribution in [1.82, 2.24) is 19.2 Å². The molecule has 6 nitrogen and oxygen atoms in total. The maximum absolute atomic E-state index is 5.52. The predicted octanol–water partition coefficient (Wildman–Crippen LogP) is 1.87. The summed E-state index contributed by atoms with van der Waals surface area (Å²) in [6, 6.07) is 6.88. The number of likely N-dealkylation sites (N-methyl/N-ethyl adjacent to an activating group) is 1. The Hall–Kier alpha value is -1.63. The molecular formula is C20H29N5O. The molecule has 5 rings (SSSR count). The summed E-state index contributed by atoms with van der Waals surface area (Å²) in [7, 11) is 2.23. The number of hydrogen-bond acceptors (Lipinski definition) is 5. The van der Waals surface area contributed by atoms with Crippen molar-refractivity contribution < 1.29 is 4.74 Å². The van der Waals surface area contributed by atoms with Gasteiger partial charge in [-0.2, -0.15) is 0 Å². The Morgan fingerprint density at radius 2 is 1.96 bits per heavy atom. The van der Waals surface area contributed by atoms with E-state index >= 15 is 0 Å². The van der Waals surface area contributed by atoms with E-state index in [4.69, 9.17) is 9.72 Å². The van der Waals surface area contributed by atoms with Gasteiger partial charge in [0, 0.05) is 45.5 Å². The molecule has 0 amide bonds. The lowest BCUT2D eigenvalue weighted by Crippen LogP contribution is -2.47. The molecule has 26 heavy (non-hydrogen) atoms. The van der Waals surface area contributed by atoms with Crippen LogP contribution in [0.5, 0.6) is 0 Å². The molecule has 0 N–H and O–H groups in total. The van der Waals surface area contributed by atoms with Gasteiger partial charge in [-0.1, -0.05) is 6.07 Å². The number of fused-ring (bicyclic) bond motifs is 1. The highest BCUT2D eigenvalue weighted by Crippen LogP contribution is 2.34. The van der Waals surface area contributed by atoms with Crippen molar-refractivity contribution in [3.05, 3.63) is 30.1 Å². The second-order valence-electron chi connectivity index (χ2n) is 8.09. The number of pyridine rings is 1. The highest BCUT2D eigenvalue weighted by Gasteiger charge is 2.33. The molecule has 1 unspecified atom stereocenters. The maximum Gasteiger partial charge on any atom is 0.138 e. The Labute approximate surface area is 155 Å². The van der Waals surface area contributed by atoms with Gasteiger partial charge in [0.1, 0.15) is 11.5 Å². The quantitative estimate of drug-likeness (QED) is 0.837. The van der Waals surface area contributed by atoms with E-state index < -0.39 is 0 Å². The summed E-state index contributed by atoms with van der Waals surface area (Å²) < 4.78 is 7.81. The largest absolute Gasteiger partial charge is 0.378 e. The number of ether oxygens (including phenoxy) is 1. The van der Waals surface area contributed by atoms with E-state index in [0.717, 1.165) is 57.5 Å². The zero-order chi connectivity index (χ0) is 17.5. The van der Waals surface area contributed by atoms with Crippen LogP contribution in [-0.2, 0) is 4.74 Å². The highest BCUT2D eigenvalue weighted by atomic mass is 16.5. The number of anilines is 1. The number of hydrogen-bond donors (Lipinski definition) is 0. The molecule has 0 bridgehead atoms. The van der Waals surface area contributed by atoms with Gasteiger partial charge in [-0.05, 0) is 37.9 Å². The van der Waals surface area contributed by atoms with Crippen molar-refractivity contribution in [2.24, 2.45) is 5.92 Å². The smallest absolute Gasteiger partial charge is 0.138 e. The van der Waals surface area contributed by atoms with Gasteiger partial charge in [0.2, 0.25) is 0 Å². The van der Waals surface area contributed by atoms with Crippen LogP contribution >= 0.6 is 0 Å². The second-order valence-corrected chi connectivity index (χ2v) is 8.09. The van der Waals surface area contributed by atoms with Crippen LogP contribution in [0.4, 0.5) is 5.82 Å². The van der Waals surface area contributed by atoms with Crippen molar-refractivity contribution in [3.8, 4) is 0 Å². The lowest BCUT2D eigenvalue weighted by atomic mass is 10.1. The zero-order valence-electron chi connectivity index (χ0n) is 15.7. The monoisotopic (exact) mass is 355 g/mol. The van der Waals surface area contributed by atoms with Gasteiger partial charge < -0.3 is 14.5 Å². The normalized spacial score (nSPS) is 25.9. The Bertz CT molecular complexity index is 765. The lowest BCUT2D eigenvalue weighted by molar-refractivity contribution is 0.0835. The summed E-state index contributed by atoms with van der Waals surface area (Å²) in [5.74, 6) is 2.16. The fourth-order valence-corrected chi connectivity index (χ4v) is 4.31. The topological polar surface area (TPSA) is 36.2 Å². The molecule has 1 atom stereocenters. The zero-order valence-corrected chi connectivity index (χ0v) is 15.7. The van der Waals surface area contributed by atoms with E-state index in [1.807, 2.05) is 0 Å². The predicted molar refractivity (Wildman–Crippen MR) is 103 cm³/mol. The SMILES string of the molecule is CN1CCN(CC2CC2)C(c2cn3c(N4CCOCC4)cccc3n2)C1. The van der Waals surface area contributed by atoms with Crippen molar-refractivity contribution in [3.63, 3.8) is 0 Å². The molecule has 4 heterocycles. The van der Waals surface area contributed by atoms with Gasteiger partial charge >= 0.3 is 0 Å². The van der Waals surface area contributed by atoms with Crippen molar-refractivity contribution in [1.29, 1.82) is 0 Å². The molecule has 3 aliphatic rings. The van der Waals surface area contributed by atoms with Crippen LogP contribution in [0.3, 0.4) is 0 Å². The number of nitrogens with zero attached hydrogens (tertiary/aromatic N) is 5. The number of rotatable bonds is 4. The molecular weight excluding hydrogens is 326 g/mol. The molecule has 6 heteroatoms. The van der Waals surface area contributed by atoms with Gasteiger partial charge in [-0.3, -0.25) is 9.30 Å². The van der Waals surface area contributed by atoms with Crippen LogP contribution in [-0.4, -0.2) is 78.7 Å². The molecule has 1 saturated carbocycles. The minimum absolute atomic E-state index is 0.409. The lowest BCUT2D eigenvalue weighted by Gasteiger charge is -2.39. The van der Waals surface area contributed by atoms with Crippen LogP contribution in [0.25, 0.3) is 5.65 Å². The third-order valence-corrected chi connectivity index (χ3v) is 6.05. The third kappa shape index (κ3) is 3.21. The summed E-state index contributed by atoms with van der Waals surface area (Å²) in [6.07, 6.45) is 5.10. The maximum atomic E-state index is 5.52. The van der Waals surface area contributed by atoms with E-state index in [-0.39, 0.29) is 0 Å². The van der Waals surface area contributed by atoms with E-state index in [1.54, 1.807) is 0 Å². The van der Waals surface area contributed by atoms with Gasteiger partial charge in [-0.15, -0.1) is 0 Å². The molecule has 2 aromatic heterocycles. The standard InChI is InChI=1S/C20H29N5O/c1-22-7-8-24(13-16-5-6-16)18(15-22)17-14-25-19(21-17)3-2-4-20(25)23-9-11-26-12-10-23/h2-4,14,16,18H,5-13,15H2,1H3. The van der Waals surface area contributed by atoms with Crippen LogP contribution < -0.4 is 4.90 Å².